The van der Waals surface area contributed by atoms with Crippen LogP contribution in [0.2, 0.25) is 0 Å². The molecule has 1 heterocycles. The van der Waals surface area contributed by atoms with E-state index in [-0.39, 0.29) is 16.8 Å². The van der Waals surface area contributed by atoms with Gasteiger partial charge in [-0.05, 0) is 43.5 Å². The van der Waals surface area contributed by atoms with Crippen LogP contribution in [0, 0.1) is 6.92 Å². The number of anilines is 1. The number of aryl methyl sites for hydroxylation is 1. The third-order valence-corrected chi connectivity index (χ3v) is 6.56. The average molecular weight is 418 g/mol. The lowest BCUT2D eigenvalue weighted by Gasteiger charge is -2.22. The molecule has 1 amide bonds. The second-order valence-electron chi connectivity index (χ2n) is 7.27. The van der Waals surface area contributed by atoms with Gasteiger partial charge in [0.1, 0.15) is 11.4 Å². The van der Waals surface area contributed by atoms with Gasteiger partial charge in [-0.3, -0.25) is 4.79 Å². The number of rotatable bonds is 7. The molecule has 8 heteroatoms. The number of carbonyl (C=O) groups excluding carboxylic acids is 1. The topological polar surface area (TPSA) is 101 Å². The van der Waals surface area contributed by atoms with Gasteiger partial charge >= 0.3 is 0 Å². The first-order valence-corrected chi connectivity index (χ1v) is 11.4. The highest BCUT2D eigenvalue weighted by molar-refractivity contribution is 7.89. The monoisotopic (exact) mass is 417 g/mol. The van der Waals surface area contributed by atoms with Crippen molar-refractivity contribution < 1.29 is 17.7 Å². The molecule has 2 N–H and O–H groups in total. The highest BCUT2D eigenvalue weighted by Gasteiger charge is 2.21. The number of hydrogen-bond acceptors (Lipinski definition) is 5. The Balaban J connectivity index is 1.70. The number of nitrogens with one attached hydrogen (secondary N) is 2. The maximum Gasteiger partial charge on any atom is 0.240 e. The van der Waals surface area contributed by atoms with Gasteiger partial charge in [0.2, 0.25) is 15.9 Å². The normalized spacial score (nSPS) is 15.7. The summed E-state index contributed by atoms with van der Waals surface area (Å²) < 4.78 is 33.2. The Labute approximate surface area is 171 Å². The highest BCUT2D eigenvalue weighted by atomic mass is 32.2. The van der Waals surface area contributed by atoms with Crippen molar-refractivity contribution >= 4 is 33.8 Å². The molecule has 0 unspecified atom stereocenters. The molecule has 0 aliphatic heterocycles. The fraction of sp³-hybridized carbons (Fsp3) is 0.429. The van der Waals surface area contributed by atoms with Crippen LogP contribution in [0.25, 0.3) is 12.2 Å². The van der Waals surface area contributed by atoms with Crippen LogP contribution in [0.1, 0.15) is 62.5 Å². The zero-order chi connectivity index (χ0) is 20.9. The summed E-state index contributed by atoms with van der Waals surface area (Å²) in [6.45, 7) is 3.53. The van der Waals surface area contributed by atoms with Crippen LogP contribution in [-0.4, -0.2) is 25.5 Å². The van der Waals surface area contributed by atoms with E-state index in [2.05, 4.69) is 15.2 Å². The molecule has 7 nitrogen and oxygen atoms in total. The van der Waals surface area contributed by atoms with Gasteiger partial charge in [0, 0.05) is 12.5 Å². The second-order valence-corrected chi connectivity index (χ2v) is 8.98. The predicted molar refractivity (Wildman–Crippen MR) is 113 cm³/mol. The molecule has 1 aromatic heterocycles. The van der Waals surface area contributed by atoms with Crippen molar-refractivity contribution in [1.82, 2.24) is 9.88 Å². The van der Waals surface area contributed by atoms with E-state index in [1.165, 1.54) is 6.42 Å². The molecule has 1 aliphatic rings. The van der Waals surface area contributed by atoms with Crippen molar-refractivity contribution in [2.75, 3.05) is 5.32 Å². The van der Waals surface area contributed by atoms with E-state index >= 15 is 0 Å². The molecular weight excluding hydrogens is 390 g/mol. The van der Waals surface area contributed by atoms with E-state index in [9.17, 15) is 13.2 Å². The lowest BCUT2D eigenvalue weighted by atomic mass is 9.96. The maximum atomic E-state index is 12.6. The molecule has 0 bridgehead atoms. The van der Waals surface area contributed by atoms with Crippen LogP contribution in [0.5, 0.6) is 0 Å². The molecule has 156 valence electrons. The van der Waals surface area contributed by atoms with E-state index in [1.54, 1.807) is 50.3 Å². The molecular formula is C21H27N3O4S. The van der Waals surface area contributed by atoms with Crippen LogP contribution in [-0.2, 0) is 14.8 Å². The number of nitrogens with zero attached hydrogens (tertiary/aromatic N) is 1. The quantitative estimate of drug-likeness (QED) is 0.706. The van der Waals surface area contributed by atoms with Crippen molar-refractivity contribution in [3.8, 4) is 0 Å². The fourth-order valence-corrected chi connectivity index (χ4v) is 4.62. The highest BCUT2D eigenvalue weighted by Crippen LogP contribution is 2.23. The summed E-state index contributed by atoms with van der Waals surface area (Å²) >= 11 is 0. The zero-order valence-electron chi connectivity index (χ0n) is 16.8. The van der Waals surface area contributed by atoms with Crippen LogP contribution in [0.15, 0.2) is 33.7 Å². The fourth-order valence-electron chi connectivity index (χ4n) is 3.32. The van der Waals surface area contributed by atoms with Crippen LogP contribution >= 0.6 is 0 Å². The van der Waals surface area contributed by atoms with E-state index < -0.39 is 10.0 Å². The average Bonchev–Trinajstić information content (AvgIpc) is 3.06. The van der Waals surface area contributed by atoms with Crippen molar-refractivity contribution in [2.24, 2.45) is 0 Å². The van der Waals surface area contributed by atoms with Crippen LogP contribution < -0.4 is 10.0 Å². The smallest absolute Gasteiger partial charge is 0.240 e. The third kappa shape index (κ3) is 5.55. The first-order chi connectivity index (χ1) is 13.9. The van der Waals surface area contributed by atoms with Crippen molar-refractivity contribution in [3.05, 3.63) is 41.3 Å². The number of hydrogen-bond donors (Lipinski definition) is 2. The summed E-state index contributed by atoms with van der Waals surface area (Å²) in [6, 6.07) is 6.69. The molecule has 2 aromatic rings. The van der Waals surface area contributed by atoms with Gasteiger partial charge in [0.25, 0.3) is 0 Å². The number of amides is 1. The van der Waals surface area contributed by atoms with Crippen molar-refractivity contribution in [2.45, 2.75) is 63.3 Å². The largest absolute Gasteiger partial charge is 0.354 e. The lowest BCUT2D eigenvalue weighted by molar-refractivity contribution is -0.115. The van der Waals surface area contributed by atoms with Gasteiger partial charge in [-0.25, -0.2) is 13.1 Å². The number of aromatic nitrogens is 1. The summed E-state index contributed by atoms with van der Waals surface area (Å²) in [4.78, 5) is 11.9. The molecule has 29 heavy (non-hydrogen) atoms. The van der Waals surface area contributed by atoms with Crippen LogP contribution in [0.3, 0.4) is 0 Å². The summed E-state index contributed by atoms with van der Waals surface area (Å²) in [5.74, 6) is 0.325. The summed E-state index contributed by atoms with van der Waals surface area (Å²) in [6.07, 6.45) is 8.95. The Kier molecular flexibility index (Phi) is 6.87. The van der Waals surface area contributed by atoms with E-state index in [0.717, 1.165) is 31.2 Å². The van der Waals surface area contributed by atoms with Crippen LogP contribution in [0.4, 0.5) is 5.69 Å². The third-order valence-electron chi connectivity index (χ3n) is 5.02. The molecule has 0 radical (unpaired) electrons. The number of carbonyl (C=O) groups is 1. The second kappa shape index (κ2) is 9.37. The standard InChI is InChI=1S/C21H27N3O4S/c1-3-20(25)22-21-15(2)23-28-19(21)14-11-16-9-12-18(13-10-16)29(26,27)24-17-7-5-4-6-8-17/h9-14,17,24H,3-8H2,1-2H3,(H,22,25)/b14-11-. The summed E-state index contributed by atoms with van der Waals surface area (Å²) in [5.41, 5.74) is 1.95. The van der Waals surface area contributed by atoms with Gasteiger partial charge < -0.3 is 9.84 Å². The first-order valence-electron chi connectivity index (χ1n) is 9.95. The minimum absolute atomic E-state index is 0.0276. The molecule has 0 saturated heterocycles. The molecule has 0 atom stereocenters. The Morgan fingerprint density at radius 3 is 2.52 bits per heavy atom. The van der Waals surface area contributed by atoms with E-state index in [1.807, 2.05) is 0 Å². The van der Waals surface area contributed by atoms with E-state index in [0.29, 0.717) is 23.6 Å². The minimum Gasteiger partial charge on any atom is -0.354 e. The molecule has 3 rings (SSSR count). The predicted octanol–water partition coefficient (Wildman–Crippen LogP) is 4.11. The lowest BCUT2D eigenvalue weighted by Crippen LogP contribution is -2.36. The SMILES string of the molecule is CCC(=O)Nc1c(C)noc1/C=C\c1ccc(S(=O)(=O)NC2CCCCC2)cc1. The molecule has 1 fully saturated rings. The van der Waals surface area contributed by atoms with Gasteiger partial charge in [0.05, 0.1) is 4.90 Å². The summed E-state index contributed by atoms with van der Waals surface area (Å²) in [7, 11) is -3.51. The molecule has 0 spiro atoms. The van der Waals surface area contributed by atoms with Gasteiger partial charge in [-0.15, -0.1) is 0 Å². The Morgan fingerprint density at radius 2 is 1.86 bits per heavy atom. The molecule has 1 aromatic carbocycles. The van der Waals surface area contributed by atoms with Crippen molar-refractivity contribution in [3.63, 3.8) is 0 Å². The number of sulfonamides is 1. The Morgan fingerprint density at radius 1 is 1.17 bits per heavy atom. The van der Waals surface area contributed by atoms with Crippen molar-refractivity contribution in [1.29, 1.82) is 0 Å². The number of benzene rings is 1. The van der Waals surface area contributed by atoms with E-state index in [4.69, 9.17) is 4.52 Å². The maximum absolute atomic E-state index is 12.6. The van der Waals surface area contributed by atoms with Gasteiger partial charge in [-0.1, -0.05) is 49.6 Å². The first kappa shape index (κ1) is 21.3. The zero-order valence-corrected chi connectivity index (χ0v) is 17.6. The summed E-state index contributed by atoms with van der Waals surface area (Å²) in [5, 5.41) is 6.67. The Hall–Kier alpha value is -2.45. The minimum atomic E-state index is -3.51. The molecule has 1 saturated carbocycles. The van der Waals surface area contributed by atoms with Gasteiger partial charge in [-0.2, -0.15) is 0 Å². The van der Waals surface area contributed by atoms with Gasteiger partial charge in [0.15, 0.2) is 5.76 Å². The Bertz CT molecular complexity index is 972. The molecule has 1 aliphatic carbocycles.